The Morgan fingerprint density at radius 1 is 1.30 bits per heavy atom. The van der Waals surface area contributed by atoms with Crippen LogP contribution >= 0.6 is 0 Å². The molecule has 0 atom stereocenters. The first-order valence-corrected chi connectivity index (χ1v) is 7.60. The molecule has 20 heavy (non-hydrogen) atoms. The van der Waals surface area contributed by atoms with Gasteiger partial charge in [0, 0.05) is 17.8 Å². The van der Waals surface area contributed by atoms with Crippen LogP contribution in [0.4, 0.5) is 5.82 Å². The molecule has 1 saturated carbocycles. The summed E-state index contributed by atoms with van der Waals surface area (Å²) in [4.78, 5) is 16.2. The SMILES string of the molecule is CCC1CCC(CNC(=O)c2cc(C)nc(N)c2)CC1. The Morgan fingerprint density at radius 2 is 1.95 bits per heavy atom. The monoisotopic (exact) mass is 275 g/mol. The van der Waals surface area contributed by atoms with Crippen molar-refractivity contribution in [3.05, 3.63) is 23.4 Å². The number of nitrogens with zero attached hydrogens (tertiary/aromatic N) is 1. The number of carbonyl (C=O) groups is 1. The summed E-state index contributed by atoms with van der Waals surface area (Å²) < 4.78 is 0. The minimum atomic E-state index is -0.0418. The van der Waals surface area contributed by atoms with Crippen LogP contribution < -0.4 is 11.1 Å². The van der Waals surface area contributed by atoms with Crippen LogP contribution in [0.2, 0.25) is 0 Å². The van der Waals surface area contributed by atoms with Crippen LogP contribution in [0.5, 0.6) is 0 Å². The van der Waals surface area contributed by atoms with E-state index in [1.807, 2.05) is 6.92 Å². The summed E-state index contributed by atoms with van der Waals surface area (Å²) in [7, 11) is 0. The second-order valence-corrected chi connectivity index (χ2v) is 5.93. The highest BCUT2D eigenvalue weighted by Crippen LogP contribution is 2.30. The van der Waals surface area contributed by atoms with Gasteiger partial charge in [0.25, 0.3) is 5.91 Å². The number of nitrogen functional groups attached to an aromatic ring is 1. The summed E-state index contributed by atoms with van der Waals surface area (Å²) >= 11 is 0. The maximum absolute atomic E-state index is 12.1. The zero-order chi connectivity index (χ0) is 14.5. The van der Waals surface area contributed by atoms with Gasteiger partial charge in [0.1, 0.15) is 5.82 Å². The topological polar surface area (TPSA) is 68.0 Å². The Bertz CT molecular complexity index is 445. The van der Waals surface area contributed by atoms with E-state index in [2.05, 4.69) is 17.2 Å². The Kier molecular flexibility index (Phi) is 4.99. The molecule has 0 saturated heterocycles. The van der Waals surface area contributed by atoms with Crippen molar-refractivity contribution in [3.8, 4) is 0 Å². The summed E-state index contributed by atoms with van der Waals surface area (Å²) in [5.74, 6) is 1.88. The number of aromatic nitrogens is 1. The predicted octanol–water partition coefficient (Wildman–Crippen LogP) is 2.92. The zero-order valence-corrected chi connectivity index (χ0v) is 12.5. The van der Waals surface area contributed by atoms with Crippen LogP contribution in [-0.2, 0) is 0 Å². The first-order chi connectivity index (χ1) is 9.58. The van der Waals surface area contributed by atoms with Crippen molar-refractivity contribution < 1.29 is 4.79 Å². The largest absolute Gasteiger partial charge is 0.384 e. The minimum absolute atomic E-state index is 0.0418. The van der Waals surface area contributed by atoms with Gasteiger partial charge in [-0.15, -0.1) is 0 Å². The molecular formula is C16H25N3O. The number of anilines is 1. The van der Waals surface area contributed by atoms with Gasteiger partial charge in [-0.1, -0.05) is 26.2 Å². The lowest BCUT2D eigenvalue weighted by molar-refractivity contribution is 0.0941. The number of hydrogen-bond donors (Lipinski definition) is 2. The third-order valence-electron chi connectivity index (χ3n) is 4.33. The fraction of sp³-hybridized carbons (Fsp3) is 0.625. The van der Waals surface area contributed by atoms with Crippen molar-refractivity contribution in [1.29, 1.82) is 0 Å². The van der Waals surface area contributed by atoms with Crippen molar-refractivity contribution in [1.82, 2.24) is 10.3 Å². The number of nitrogens with two attached hydrogens (primary N) is 1. The highest BCUT2D eigenvalue weighted by atomic mass is 16.1. The highest BCUT2D eigenvalue weighted by Gasteiger charge is 2.20. The van der Waals surface area contributed by atoms with Gasteiger partial charge in [-0.2, -0.15) is 0 Å². The van der Waals surface area contributed by atoms with Crippen molar-refractivity contribution in [2.75, 3.05) is 12.3 Å². The number of carbonyl (C=O) groups excluding carboxylic acids is 1. The van der Waals surface area contributed by atoms with Gasteiger partial charge in [0.2, 0.25) is 0 Å². The smallest absolute Gasteiger partial charge is 0.251 e. The van der Waals surface area contributed by atoms with Crippen LogP contribution in [0.3, 0.4) is 0 Å². The normalized spacial score (nSPS) is 22.5. The summed E-state index contributed by atoms with van der Waals surface area (Å²) in [5.41, 5.74) is 7.06. The molecule has 2 rings (SSSR count). The first kappa shape index (κ1) is 14.8. The highest BCUT2D eigenvalue weighted by molar-refractivity contribution is 5.94. The molecule has 4 heteroatoms. The number of hydrogen-bond acceptors (Lipinski definition) is 3. The molecule has 1 aliphatic carbocycles. The molecule has 1 aliphatic rings. The average molecular weight is 275 g/mol. The summed E-state index contributed by atoms with van der Waals surface area (Å²) in [6.07, 6.45) is 6.36. The van der Waals surface area contributed by atoms with Crippen molar-refractivity contribution in [2.24, 2.45) is 11.8 Å². The molecule has 0 aliphatic heterocycles. The van der Waals surface area contributed by atoms with E-state index in [-0.39, 0.29) is 5.91 Å². The summed E-state index contributed by atoms with van der Waals surface area (Å²) in [6.45, 7) is 4.89. The molecule has 1 amide bonds. The van der Waals surface area contributed by atoms with Gasteiger partial charge in [-0.05, 0) is 43.7 Å². The summed E-state index contributed by atoms with van der Waals surface area (Å²) in [5, 5.41) is 3.03. The van der Waals surface area contributed by atoms with Crippen LogP contribution in [0.1, 0.15) is 55.1 Å². The second kappa shape index (κ2) is 6.73. The molecule has 0 spiro atoms. The molecule has 0 radical (unpaired) electrons. The molecule has 4 nitrogen and oxygen atoms in total. The zero-order valence-electron chi connectivity index (χ0n) is 12.5. The van der Waals surface area contributed by atoms with E-state index in [0.29, 0.717) is 17.3 Å². The van der Waals surface area contributed by atoms with Crippen LogP contribution in [0, 0.1) is 18.8 Å². The summed E-state index contributed by atoms with van der Waals surface area (Å²) in [6, 6.07) is 3.41. The van der Waals surface area contributed by atoms with Crippen molar-refractivity contribution >= 4 is 11.7 Å². The van der Waals surface area contributed by atoms with Crippen LogP contribution in [0.25, 0.3) is 0 Å². The third-order valence-corrected chi connectivity index (χ3v) is 4.33. The molecule has 0 bridgehead atoms. The van der Waals surface area contributed by atoms with Gasteiger partial charge >= 0.3 is 0 Å². The number of amides is 1. The molecule has 0 unspecified atom stereocenters. The Morgan fingerprint density at radius 3 is 2.55 bits per heavy atom. The van der Waals surface area contributed by atoms with E-state index >= 15 is 0 Å². The van der Waals surface area contributed by atoms with Gasteiger partial charge in [0.15, 0.2) is 0 Å². The van der Waals surface area contributed by atoms with Crippen LogP contribution in [0.15, 0.2) is 12.1 Å². The molecule has 1 heterocycles. The third kappa shape index (κ3) is 3.95. The number of rotatable bonds is 4. The van der Waals surface area contributed by atoms with Crippen LogP contribution in [-0.4, -0.2) is 17.4 Å². The van der Waals surface area contributed by atoms with E-state index < -0.39 is 0 Å². The number of aryl methyl sites for hydroxylation is 1. The lowest BCUT2D eigenvalue weighted by atomic mass is 9.81. The van der Waals surface area contributed by atoms with Gasteiger partial charge < -0.3 is 11.1 Å². The van der Waals surface area contributed by atoms with Crippen molar-refractivity contribution in [3.63, 3.8) is 0 Å². The molecule has 110 valence electrons. The quantitative estimate of drug-likeness (QED) is 0.887. The lowest BCUT2D eigenvalue weighted by Crippen LogP contribution is -2.31. The van der Waals surface area contributed by atoms with E-state index in [4.69, 9.17) is 5.73 Å². The number of nitrogens with one attached hydrogen (secondary N) is 1. The maximum Gasteiger partial charge on any atom is 0.251 e. The van der Waals surface area contributed by atoms with Gasteiger partial charge in [-0.3, -0.25) is 4.79 Å². The Balaban J connectivity index is 1.83. The number of pyridine rings is 1. The lowest BCUT2D eigenvalue weighted by Gasteiger charge is -2.27. The van der Waals surface area contributed by atoms with E-state index in [9.17, 15) is 4.79 Å². The molecule has 0 aromatic carbocycles. The molecule has 1 aromatic rings. The van der Waals surface area contributed by atoms with Crippen molar-refractivity contribution in [2.45, 2.75) is 46.0 Å². The fourth-order valence-electron chi connectivity index (χ4n) is 3.01. The maximum atomic E-state index is 12.1. The predicted molar refractivity (Wildman–Crippen MR) is 81.5 cm³/mol. The van der Waals surface area contributed by atoms with E-state index in [0.717, 1.165) is 18.2 Å². The molecular weight excluding hydrogens is 250 g/mol. The Hall–Kier alpha value is -1.58. The van der Waals surface area contributed by atoms with Gasteiger partial charge in [-0.25, -0.2) is 4.98 Å². The molecule has 3 N–H and O–H groups in total. The fourth-order valence-corrected chi connectivity index (χ4v) is 3.01. The van der Waals surface area contributed by atoms with E-state index in [1.54, 1.807) is 12.1 Å². The Labute approximate surface area is 121 Å². The second-order valence-electron chi connectivity index (χ2n) is 5.93. The average Bonchev–Trinajstić information content (AvgIpc) is 2.44. The first-order valence-electron chi connectivity index (χ1n) is 7.60. The standard InChI is InChI=1S/C16H25N3O/c1-3-12-4-6-13(7-5-12)10-18-16(20)14-8-11(2)19-15(17)9-14/h8-9,12-13H,3-7,10H2,1-2H3,(H2,17,19)(H,18,20). The minimum Gasteiger partial charge on any atom is -0.384 e. The molecule has 1 aromatic heterocycles. The van der Waals surface area contributed by atoms with Gasteiger partial charge in [0.05, 0.1) is 0 Å². The van der Waals surface area contributed by atoms with E-state index in [1.165, 1.54) is 32.1 Å². The molecule has 1 fully saturated rings.